The molecule has 0 bridgehead atoms. The summed E-state index contributed by atoms with van der Waals surface area (Å²) in [6.45, 7) is 4.92. The van der Waals surface area contributed by atoms with E-state index in [1.807, 2.05) is 0 Å². The van der Waals surface area contributed by atoms with Crippen LogP contribution in [0.3, 0.4) is 0 Å². The van der Waals surface area contributed by atoms with Crippen molar-refractivity contribution in [1.82, 2.24) is 10.5 Å². The summed E-state index contributed by atoms with van der Waals surface area (Å²) in [6, 6.07) is 1.53. The third-order valence-electron chi connectivity index (χ3n) is 3.27. The first kappa shape index (κ1) is 23.3. The molecule has 0 radical (unpaired) electrons. The molecular weight excluding hydrogens is 489 g/mol. The lowest BCUT2D eigenvalue weighted by molar-refractivity contribution is -0.137. The summed E-state index contributed by atoms with van der Waals surface area (Å²) < 4.78 is 66.4. The Balaban J connectivity index is 2.47. The van der Waals surface area contributed by atoms with E-state index in [-0.39, 0.29) is 4.47 Å². The number of anilines is 2. The lowest BCUT2D eigenvalue weighted by Gasteiger charge is -2.20. The fourth-order valence-corrected chi connectivity index (χ4v) is 2.57. The van der Waals surface area contributed by atoms with Crippen molar-refractivity contribution in [3.63, 3.8) is 0 Å². The normalized spacial score (nSPS) is 12.1. The van der Waals surface area contributed by atoms with Gasteiger partial charge >= 0.3 is 6.18 Å². The lowest BCUT2D eigenvalue weighted by Crippen LogP contribution is -2.34. The number of hydroxylamine groups is 1. The minimum atomic E-state index is -4.69. The van der Waals surface area contributed by atoms with Gasteiger partial charge in [0.1, 0.15) is 5.82 Å². The number of hydrogen-bond donors (Lipinski definition) is 2. The van der Waals surface area contributed by atoms with Crippen LogP contribution in [0.1, 0.15) is 36.7 Å². The van der Waals surface area contributed by atoms with Crippen LogP contribution in [0, 0.1) is 11.6 Å². The molecule has 0 fully saturated rings. The molecule has 5 nitrogen and oxygen atoms in total. The Hall–Kier alpha value is -1.98. The molecule has 0 aliphatic rings. The van der Waals surface area contributed by atoms with E-state index >= 15 is 0 Å². The van der Waals surface area contributed by atoms with Gasteiger partial charge in [-0.2, -0.15) is 13.2 Å². The maximum atomic E-state index is 14.5. The topological polar surface area (TPSA) is 63.2 Å². The van der Waals surface area contributed by atoms with Crippen LogP contribution in [0.15, 0.2) is 22.8 Å². The van der Waals surface area contributed by atoms with Gasteiger partial charge < -0.3 is 5.32 Å². The van der Waals surface area contributed by atoms with Crippen LogP contribution in [-0.2, 0) is 11.0 Å². The summed E-state index contributed by atoms with van der Waals surface area (Å²) in [7, 11) is 0. The smallest absolute Gasteiger partial charge is 0.336 e. The van der Waals surface area contributed by atoms with E-state index in [9.17, 15) is 26.7 Å². The average Bonchev–Trinajstić information content (AvgIpc) is 2.59. The van der Waals surface area contributed by atoms with Crippen LogP contribution in [0.5, 0.6) is 0 Å². The van der Waals surface area contributed by atoms with Crippen LogP contribution in [0.25, 0.3) is 0 Å². The van der Waals surface area contributed by atoms with Gasteiger partial charge in [-0.15, -0.1) is 0 Å². The van der Waals surface area contributed by atoms with E-state index in [1.54, 1.807) is 20.8 Å². The zero-order valence-corrected chi connectivity index (χ0v) is 17.5. The second-order valence-corrected chi connectivity index (χ2v) is 7.99. The molecule has 2 N–H and O–H groups in total. The molecule has 0 spiro atoms. The van der Waals surface area contributed by atoms with Gasteiger partial charge in [0.2, 0.25) is 0 Å². The van der Waals surface area contributed by atoms with E-state index in [0.29, 0.717) is 12.3 Å². The molecule has 0 aliphatic carbocycles. The lowest BCUT2D eigenvalue weighted by atomic mass is 10.1. The molecule has 158 valence electrons. The highest BCUT2D eigenvalue weighted by Gasteiger charge is 2.32. The van der Waals surface area contributed by atoms with Crippen LogP contribution >= 0.6 is 27.5 Å². The van der Waals surface area contributed by atoms with E-state index in [0.717, 1.165) is 6.07 Å². The number of benzene rings is 1. The van der Waals surface area contributed by atoms with Crippen LogP contribution in [0.2, 0.25) is 5.02 Å². The first-order chi connectivity index (χ1) is 13.2. The number of rotatable bonds is 4. The first-order valence-electron chi connectivity index (χ1n) is 7.86. The van der Waals surface area contributed by atoms with Gasteiger partial charge in [0.05, 0.1) is 31.9 Å². The number of aromatic nitrogens is 1. The van der Waals surface area contributed by atoms with Crippen molar-refractivity contribution in [2.75, 3.05) is 5.32 Å². The largest absolute Gasteiger partial charge is 0.417 e. The third kappa shape index (κ3) is 5.77. The molecule has 12 heteroatoms. The Bertz CT molecular complexity index is 948. The highest BCUT2D eigenvalue weighted by Crippen LogP contribution is 2.35. The van der Waals surface area contributed by atoms with Crippen molar-refractivity contribution < 1.29 is 31.6 Å². The Kier molecular flexibility index (Phi) is 6.75. The summed E-state index contributed by atoms with van der Waals surface area (Å²) in [6.07, 6.45) is -4.23. The number of hydrogen-bond acceptors (Lipinski definition) is 4. The van der Waals surface area contributed by atoms with Crippen molar-refractivity contribution in [3.05, 3.63) is 50.6 Å². The van der Waals surface area contributed by atoms with Crippen molar-refractivity contribution in [2.45, 2.75) is 32.5 Å². The minimum Gasteiger partial charge on any atom is -0.336 e. The fraction of sp³-hybridized carbons (Fsp3) is 0.294. The van der Waals surface area contributed by atoms with Gasteiger partial charge in [-0.25, -0.2) is 19.2 Å². The number of halogens is 7. The molecule has 2 rings (SSSR count). The zero-order valence-electron chi connectivity index (χ0n) is 15.1. The number of carbonyl (C=O) groups excluding carboxylic acids is 1. The standard InChI is InChI=1S/C17H14BrClF5N3O2/c1-16(2,3)29-27-15(28)8-5-9(18)11(20)12(21)13(8)26-14-10(19)4-7(6-25-14)17(22,23)24/h4-6H,1-3H3,(H,25,26)(H,27,28). The summed E-state index contributed by atoms with van der Waals surface area (Å²) in [5.41, 5.74) is -0.911. The molecule has 1 aromatic carbocycles. The Morgan fingerprint density at radius 3 is 2.31 bits per heavy atom. The maximum Gasteiger partial charge on any atom is 0.417 e. The Morgan fingerprint density at radius 2 is 1.79 bits per heavy atom. The zero-order chi connectivity index (χ0) is 22.1. The van der Waals surface area contributed by atoms with Crippen LogP contribution in [-0.4, -0.2) is 16.5 Å². The molecule has 1 aromatic heterocycles. The second-order valence-electron chi connectivity index (χ2n) is 6.73. The van der Waals surface area contributed by atoms with Crippen molar-refractivity contribution in [1.29, 1.82) is 0 Å². The van der Waals surface area contributed by atoms with Gasteiger partial charge in [0, 0.05) is 6.20 Å². The third-order valence-corrected chi connectivity index (χ3v) is 4.13. The van der Waals surface area contributed by atoms with Crippen LogP contribution in [0.4, 0.5) is 33.5 Å². The molecule has 0 saturated heterocycles. The quantitative estimate of drug-likeness (QED) is 0.306. The van der Waals surface area contributed by atoms with Crippen molar-refractivity contribution >= 4 is 44.9 Å². The van der Waals surface area contributed by atoms with E-state index in [1.165, 1.54) is 0 Å². The molecular formula is C17H14BrClF5N3O2. The highest BCUT2D eigenvalue weighted by atomic mass is 79.9. The summed E-state index contributed by atoms with van der Waals surface area (Å²) >= 11 is 8.58. The Labute approximate surface area is 175 Å². The van der Waals surface area contributed by atoms with E-state index < -0.39 is 57.0 Å². The highest BCUT2D eigenvalue weighted by molar-refractivity contribution is 9.10. The average molecular weight is 503 g/mol. The second kappa shape index (κ2) is 8.41. The predicted molar refractivity (Wildman–Crippen MR) is 99.9 cm³/mol. The number of carbonyl (C=O) groups is 1. The number of amides is 1. The van der Waals surface area contributed by atoms with Crippen LogP contribution < -0.4 is 10.8 Å². The fourth-order valence-electron chi connectivity index (χ4n) is 1.95. The number of nitrogens with one attached hydrogen (secondary N) is 2. The summed E-state index contributed by atoms with van der Waals surface area (Å²) in [4.78, 5) is 21.0. The number of pyridine rings is 1. The van der Waals surface area contributed by atoms with Gasteiger partial charge in [-0.05, 0) is 48.8 Å². The maximum absolute atomic E-state index is 14.5. The predicted octanol–water partition coefficient (Wildman–Crippen LogP) is 6.00. The van der Waals surface area contributed by atoms with Gasteiger partial charge in [0.25, 0.3) is 5.91 Å². The van der Waals surface area contributed by atoms with E-state index in [4.69, 9.17) is 16.4 Å². The number of alkyl halides is 3. The molecule has 2 aromatic rings. The van der Waals surface area contributed by atoms with E-state index in [2.05, 4.69) is 31.7 Å². The molecule has 0 aliphatic heterocycles. The summed E-state index contributed by atoms with van der Waals surface area (Å²) in [5.74, 6) is -4.15. The van der Waals surface area contributed by atoms with Crippen molar-refractivity contribution in [3.8, 4) is 0 Å². The first-order valence-corrected chi connectivity index (χ1v) is 9.03. The Morgan fingerprint density at radius 1 is 1.17 bits per heavy atom. The molecule has 0 saturated carbocycles. The van der Waals surface area contributed by atoms with Gasteiger partial charge in [-0.1, -0.05) is 11.6 Å². The minimum absolute atomic E-state index is 0.354. The van der Waals surface area contributed by atoms with Gasteiger partial charge in [-0.3, -0.25) is 9.63 Å². The van der Waals surface area contributed by atoms with Crippen molar-refractivity contribution in [2.24, 2.45) is 0 Å². The van der Waals surface area contributed by atoms with Gasteiger partial charge in [0.15, 0.2) is 11.6 Å². The molecule has 29 heavy (non-hydrogen) atoms. The molecule has 0 unspecified atom stereocenters. The SMILES string of the molecule is CC(C)(C)ONC(=O)c1cc(Br)c(F)c(F)c1Nc1ncc(C(F)(F)F)cc1Cl. The molecule has 1 heterocycles. The number of nitrogens with zero attached hydrogens (tertiary/aromatic N) is 1. The monoisotopic (exact) mass is 501 g/mol. The summed E-state index contributed by atoms with van der Waals surface area (Å²) in [5, 5.41) is 1.76. The molecule has 1 amide bonds. The molecule has 0 atom stereocenters.